The zero-order valence-electron chi connectivity index (χ0n) is 8.35. The van der Waals surface area contributed by atoms with E-state index < -0.39 is 8.07 Å². The number of thiol groups is 1. The van der Waals surface area contributed by atoms with Crippen LogP contribution in [-0.2, 0) is 0 Å². The lowest BCUT2D eigenvalue weighted by Gasteiger charge is -2.20. The molecule has 0 heterocycles. The molecule has 1 atom stereocenters. The smallest absolute Gasteiger partial charge is 0.0445 e. The summed E-state index contributed by atoms with van der Waals surface area (Å²) < 4.78 is 0. The normalized spacial score (nSPS) is 15.0. The fraction of sp³-hybridized carbons (Fsp3) is 1.00. The summed E-state index contributed by atoms with van der Waals surface area (Å²) in [4.78, 5) is 0. The van der Waals surface area contributed by atoms with Gasteiger partial charge in [0.05, 0.1) is 0 Å². The highest BCUT2D eigenvalue weighted by Gasteiger charge is 2.16. The van der Waals surface area contributed by atoms with E-state index in [1.54, 1.807) is 0 Å². The van der Waals surface area contributed by atoms with Gasteiger partial charge in [0.2, 0.25) is 0 Å². The maximum absolute atomic E-state index is 4.22. The molecule has 0 aliphatic heterocycles. The van der Waals surface area contributed by atoms with Crippen molar-refractivity contribution in [3.8, 4) is 0 Å². The van der Waals surface area contributed by atoms with Crippen LogP contribution in [0.25, 0.3) is 0 Å². The van der Waals surface area contributed by atoms with E-state index in [-0.39, 0.29) is 0 Å². The lowest BCUT2D eigenvalue weighted by Crippen LogP contribution is -2.22. The van der Waals surface area contributed by atoms with Crippen LogP contribution in [-0.4, -0.2) is 13.8 Å². The predicted molar refractivity (Wildman–Crippen MR) is 60.4 cm³/mol. The summed E-state index contributed by atoms with van der Waals surface area (Å²) in [6.07, 6.45) is 2.66. The minimum Gasteiger partial charge on any atom is -0.179 e. The van der Waals surface area contributed by atoms with Crippen molar-refractivity contribution in [2.75, 3.05) is 5.75 Å². The molecular formula is C9H22SSi. The molecule has 0 nitrogen and oxygen atoms in total. The molecule has 0 aliphatic carbocycles. The van der Waals surface area contributed by atoms with Gasteiger partial charge in [-0.3, -0.25) is 0 Å². The molecule has 0 spiro atoms. The molecule has 0 bridgehead atoms. The first-order valence-electron chi connectivity index (χ1n) is 4.56. The van der Waals surface area contributed by atoms with Gasteiger partial charge in [-0.05, 0) is 18.1 Å². The van der Waals surface area contributed by atoms with Crippen LogP contribution in [0.4, 0.5) is 0 Å². The van der Waals surface area contributed by atoms with E-state index in [2.05, 4.69) is 39.2 Å². The Bertz CT molecular complexity index is 96.2. The summed E-state index contributed by atoms with van der Waals surface area (Å²) in [5.74, 6) is 1.98. The molecule has 1 unspecified atom stereocenters. The van der Waals surface area contributed by atoms with Crippen LogP contribution in [0.5, 0.6) is 0 Å². The van der Waals surface area contributed by atoms with Crippen molar-refractivity contribution in [3.63, 3.8) is 0 Å². The zero-order valence-corrected chi connectivity index (χ0v) is 10.2. The third-order valence-corrected chi connectivity index (χ3v) is 4.05. The molecular weight excluding hydrogens is 168 g/mol. The molecule has 0 aromatic heterocycles. The molecule has 0 aromatic rings. The van der Waals surface area contributed by atoms with Crippen molar-refractivity contribution in [2.45, 2.75) is 45.5 Å². The third kappa shape index (κ3) is 8.47. The molecule has 0 amide bonds. The SMILES string of the molecule is CC(CCCS)C[Si](C)(C)C. The van der Waals surface area contributed by atoms with Crippen molar-refractivity contribution < 1.29 is 0 Å². The van der Waals surface area contributed by atoms with Crippen LogP contribution in [0.1, 0.15) is 19.8 Å². The van der Waals surface area contributed by atoms with Gasteiger partial charge in [0.25, 0.3) is 0 Å². The van der Waals surface area contributed by atoms with Gasteiger partial charge in [0.15, 0.2) is 0 Å². The second kappa shape index (κ2) is 5.25. The Balaban J connectivity index is 3.44. The van der Waals surface area contributed by atoms with Gasteiger partial charge < -0.3 is 0 Å². The van der Waals surface area contributed by atoms with E-state index >= 15 is 0 Å². The maximum Gasteiger partial charge on any atom is 0.0445 e. The first-order valence-corrected chi connectivity index (χ1v) is 8.90. The standard InChI is InChI=1S/C9H22SSi/c1-9(6-5-7-10)8-11(2,3)4/h9-10H,5-8H2,1-4H3. The van der Waals surface area contributed by atoms with Crippen LogP contribution in [0, 0.1) is 5.92 Å². The molecule has 0 saturated carbocycles. The predicted octanol–water partition coefficient (Wildman–Crippen LogP) is 3.67. The Labute approximate surface area is 78.2 Å². The van der Waals surface area contributed by atoms with Crippen molar-refractivity contribution >= 4 is 20.7 Å². The largest absolute Gasteiger partial charge is 0.179 e. The van der Waals surface area contributed by atoms with Crippen LogP contribution in [0.3, 0.4) is 0 Å². The summed E-state index contributed by atoms with van der Waals surface area (Å²) in [7, 11) is -0.795. The van der Waals surface area contributed by atoms with Gasteiger partial charge >= 0.3 is 0 Å². The number of hydrogen-bond acceptors (Lipinski definition) is 1. The topological polar surface area (TPSA) is 0 Å². The van der Waals surface area contributed by atoms with Gasteiger partial charge in [-0.1, -0.05) is 39.0 Å². The minimum atomic E-state index is -0.795. The fourth-order valence-corrected chi connectivity index (χ4v) is 4.06. The molecule has 11 heavy (non-hydrogen) atoms. The van der Waals surface area contributed by atoms with Crippen LogP contribution >= 0.6 is 12.6 Å². The quantitative estimate of drug-likeness (QED) is 0.496. The highest BCUT2D eigenvalue weighted by molar-refractivity contribution is 7.80. The molecule has 0 aromatic carbocycles. The molecule has 0 aliphatic rings. The second-order valence-corrected chi connectivity index (χ2v) is 10.7. The average molecular weight is 190 g/mol. The molecule has 0 N–H and O–H groups in total. The van der Waals surface area contributed by atoms with E-state index in [1.807, 2.05) is 0 Å². The van der Waals surface area contributed by atoms with Gasteiger partial charge in [-0.15, -0.1) is 0 Å². The van der Waals surface area contributed by atoms with Crippen molar-refractivity contribution in [1.82, 2.24) is 0 Å². The second-order valence-electron chi connectivity index (χ2n) is 4.74. The summed E-state index contributed by atoms with van der Waals surface area (Å²) in [6.45, 7) is 9.72. The Kier molecular flexibility index (Phi) is 5.53. The summed E-state index contributed by atoms with van der Waals surface area (Å²) in [6, 6.07) is 1.47. The maximum atomic E-state index is 4.22. The highest BCUT2D eigenvalue weighted by Crippen LogP contribution is 2.20. The van der Waals surface area contributed by atoms with Crippen molar-refractivity contribution in [1.29, 1.82) is 0 Å². The average Bonchev–Trinajstić information content (AvgIpc) is 1.79. The molecule has 0 fully saturated rings. The Hall–Kier alpha value is 0.567. The van der Waals surface area contributed by atoms with E-state index in [0.717, 1.165) is 11.7 Å². The summed E-state index contributed by atoms with van der Waals surface area (Å²) in [5, 5.41) is 0. The lowest BCUT2D eigenvalue weighted by atomic mass is 10.1. The van der Waals surface area contributed by atoms with Crippen LogP contribution in [0.2, 0.25) is 25.7 Å². The van der Waals surface area contributed by atoms with Gasteiger partial charge in [0.1, 0.15) is 0 Å². The molecule has 0 saturated heterocycles. The first-order chi connectivity index (χ1) is 4.95. The van der Waals surface area contributed by atoms with Crippen molar-refractivity contribution in [2.24, 2.45) is 5.92 Å². The van der Waals surface area contributed by atoms with E-state index in [1.165, 1.54) is 18.9 Å². The monoisotopic (exact) mass is 190 g/mol. The Morgan fingerprint density at radius 2 is 1.82 bits per heavy atom. The van der Waals surface area contributed by atoms with E-state index in [4.69, 9.17) is 0 Å². The Morgan fingerprint density at radius 1 is 1.27 bits per heavy atom. The van der Waals surface area contributed by atoms with Gasteiger partial charge in [-0.25, -0.2) is 0 Å². The van der Waals surface area contributed by atoms with Gasteiger partial charge in [0, 0.05) is 8.07 Å². The van der Waals surface area contributed by atoms with E-state index in [0.29, 0.717) is 0 Å². The highest BCUT2D eigenvalue weighted by atomic mass is 32.1. The van der Waals surface area contributed by atoms with Crippen molar-refractivity contribution in [3.05, 3.63) is 0 Å². The Morgan fingerprint density at radius 3 is 2.18 bits per heavy atom. The summed E-state index contributed by atoms with van der Waals surface area (Å²) in [5.41, 5.74) is 0. The molecule has 2 heteroatoms. The molecule has 0 radical (unpaired) electrons. The van der Waals surface area contributed by atoms with E-state index in [9.17, 15) is 0 Å². The first kappa shape index (κ1) is 11.6. The van der Waals surface area contributed by atoms with Crippen LogP contribution in [0.15, 0.2) is 0 Å². The van der Waals surface area contributed by atoms with Crippen LogP contribution < -0.4 is 0 Å². The zero-order chi connectivity index (χ0) is 8.91. The number of rotatable bonds is 5. The molecule has 0 rings (SSSR count). The molecule has 68 valence electrons. The van der Waals surface area contributed by atoms with Gasteiger partial charge in [-0.2, -0.15) is 12.6 Å². The number of hydrogen-bond donors (Lipinski definition) is 1. The lowest BCUT2D eigenvalue weighted by molar-refractivity contribution is 0.571. The summed E-state index contributed by atoms with van der Waals surface area (Å²) >= 11 is 4.22. The third-order valence-electron chi connectivity index (χ3n) is 1.82. The fourth-order valence-electron chi connectivity index (χ4n) is 1.59. The minimum absolute atomic E-state index is 0.795.